The van der Waals surface area contributed by atoms with E-state index in [1.807, 2.05) is 20.8 Å². The van der Waals surface area contributed by atoms with Gasteiger partial charge in [0.15, 0.2) is 0 Å². The molecule has 0 aromatic heterocycles. The highest BCUT2D eigenvalue weighted by molar-refractivity contribution is 5.93. The Kier molecular flexibility index (Phi) is 11.1. The number of nitrogens with one attached hydrogen (secondary N) is 2. The van der Waals surface area contributed by atoms with E-state index in [1.165, 1.54) is 12.1 Å². The Labute approximate surface area is 256 Å². The first-order valence-electron chi connectivity index (χ1n) is 15.3. The van der Waals surface area contributed by atoms with E-state index in [9.17, 15) is 24.6 Å². The molecule has 4 N–H and O–H groups in total. The predicted molar refractivity (Wildman–Crippen MR) is 167 cm³/mol. The SMILES string of the molecule is CCC(C)(C)N(C(=O)C(Cc1ccc(O)cc1)NC(=O)OC(C)(C)C)C(C(=O)NC1CCCCC1)c1ccc(O)c(C)c1. The molecule has 0 radical (unpaired) electrons. The van der Waals surface area contributed by atoms with E-state index in [0.717, 1.165) is 32.1 Å². The molecule has 1 aliphatic rings. The number of aromatic hydroxyl groups is 2. The fourth-order valence-electron chi connectivity index (χ4n) is 5.42. The maximum absolute atomic E-state index is 14.8. The van der Waals surface area contributed by atoms with Crippen LogP contribution in [0.25, 0.3) is 0 Å². The van der Waals surface area contributed by atoms with Crippen LogP contribution in [0.5, 0.6) is 11.5 Å². The van der Waals surface area contributed by atoms with Gasteiger partial charge in [-0.1, -0.05) is 44.4 Å². The van der Waals surface area contributed by atoms with Crippen LogP contribution in [0.1, 0.15) is 103 Å². The van der Waals surface area contributed by atoms with E-state index >= 15 is 0 Å². The zero-order chi connectivity index (χ0) is 31.9. The molecule has 1 fully saturated rings. The minimum atomic E-state index is -1.08. The zero-order valence-electron chi connectivity index (χ0n) is 26.7. The van der Waals surface area contributed by atoms with Gasteiger partial charge in [0, 0.05) is 18.0 Å². The molecule has 43 heavy (non-hydrogen) atoms. The third-order valence-electron chi connectivity index (χ3n) is 8.11. The van der Waals surface area contributed by atoms with Gasteiger partial charge in [0.2, 0.25) is 11.8 Å². The molecule has 2 aromatic carbocycles. The summed E-state index contributed by atoms with van der Waals surface area (Å²) in [6.45, 7) is 12.8. The molecule has 2 unspecified atom stereocenters. The van der Waals surface area contributed by atoms with Crippen molar-refractivity contribution in [3.05, 3.63) is 59.2 Å². The van der Waals surface area contributed by atoms with Crippen LogP contribution >= 0.6 is 0 Å². The standard InChI is InChI=1S/C34H49N3O6/c1-8-34(6,7)37(29(24-16-19-28(39)22(2)20-24)30(40)35-25-12-10-9-11-13-25)31(41)27(36-32(42)43-33(3,4)5)21-23-14-17-26(38)18-15-23/h14-20,25,27,29,38-39H,8-13,21H2,1-7H3,(H,35,40)(H,36,42). The van der Waals surface area contributed by atoms with Gasteiger partial charge in [-0.15, -0.1) is 0 Å². The summed E-state index contributed by atoms with van der Waals surface area (Å²) < 4.78 is 5.52. The number of alkyl carbamates (subject to hydrolysis) is 1. The smallest absolute Gasteiger partial charge is 0.408 e. The van der Waals surface area contributed by atoms with E-state index < -0.39 is 35.2 Å². The van der Waals surface area contributed by atoms with Crippen LogP contribution in [-0.4, -0.2) is 56.2 Å². The van der Waals surface area contributed by atoms with Crippen LogP contribution in [0.15, 0.2) is 42.5 Å². The van der Waals surface area contributed by atoms with Crippen molar-refractivity contribution in [1.82, 2.24) is 15.5 Å². The number of hydrogen-bond donors (Lipinski definition) is 4. The normalized spacial score (nSPS) is 15.7. The van der Waals surface area contributed by atoms with Crippen LogP contribution in [-0.2, 0) is 20.7 Å². The number of aryl methyl sites for hydroxylation is 1. The second kappa shape index (κ2) is 14.1. The number of hydrogen-bond acceptors (Lipinski definition) is 6. The highest BCUT2D eigenvalue weighted by atomic mass is 16.6. The lowest BCUT2D eigenvalue weighted by molar-refractivity contribution is -0.149. The Balaban J connectivity index is 2.11. The molecular weight excluding hydrogens is 546 g/mol. The number of benzene rings is 2. The number of carbonyl (C=O) groups excluding carboxylic acids is 3. The summed E-state index contributed by atoms with van der Waals surface area (Å²) in [4.78, 5) is 43.6. The average molecular weight is 596 g/mol. The van der Waals surface area contributed by atoms with Gasteiger partial charge in [-0.05, 0) is 102 Å². The molecular formula is C34H49N3O6. The van der Waals surface area contributed by atoms with Crippen LogP contribution in [0.4, 0.5) is 4.79 Å². The number of ether oxygens (including phenoxy) is 1. The van der Waals surface area contributed by atoms with Crippen molar-refractivity contribution < 1.29 is 29.3 Å². The fraction of sp³-hybridized carbons (Fsp3) is 0.559. The number of phenols is 2. The van der Waals surface area contributed by atoms with E-state index in [-0.39, 0.29) is 29.9 Å². The molecule has 9 nitrogen and oxygen atoms in total. The van der Waals surface area contributed by atoms with Gasteiger partial charge in [0.1, 0.15) is 29.2 Å². The lowest BCUT2D eigenvalue weighted by Gasteiger charge is -2.45. The van der Waals surface area contributed by atoms with Crippen molar-refractivity contribution in [2.45, 2.75) is 123 Å². The molecule has 3 amide bonds. The predicted octanol–water partition coefficient (Wildman–Crippen LogP) is 6.05. The zero-order valence-corrected chi connectivity index (χ0v) is 26.7. The minimum Gasteiger partial charge on any atom is -0.508 e. The van der Waals surface area contributed by atoms with Crippen molar-refractivity contribution >= 4 is 17.9 Å². The summed E-state index contributed by atoms with van der Waals surface area (Å²) in [7, 11) is 0. The molecule has 0 saturated heterocycles. The molecule has 236 valence electrons. The van der Waals surface area contributed by atoms with Crippen molar-refractivity contribution in [1.29, 1.82) is 0 Å². The Morgan fingerprint density at radius 1 is 0.977 bits per heavy atom. The number of amides is 3. The van der Waals surface area contributed by atoms with E-state index in [2.05, 4.69) is 10.6 Å². The van der Waals surface area contributed by atoms with Crippen LogP contribution in [0.3, 0.4) is 0 Å². The number of phenolic OH excluding ortho intramolecular Hbond substituents is 2. The van der Waals surface area contributed by atoms with Crippen molar-refractivity contribution in [3.8, 4) is 11.5 Å². The highest BCUT2D eigenvalue weighted by Gasteiger charge is 2.43. The molecule has 0 aliphatic heterocycles. The first kappa shape index (κ1) is 33.7. The second-order valence-corrected chi connectivity index (χ2v) is 13.2. The summed E-state index contributed by atoms with van der Waals surface area (Å²) in [5.41, 5.74) is 0.275. The summed E-state index contributed by atoms with van der Waals surface area (Å²) in [6, 6.07) is 9.31. The maximum atomic E-state index is 14.8. The third-order valence-corrected chi connectivity index (χ3v) is 8.11. The molecule has 3 rings (SSSR count). The summed E-state index contributed by atoms with van der Waals surface area (Å²) in [6.07, 6.45) is 4.85. The Bertz CT molecular complexity index is 1260. The van der Waals surface area contributed by atoms with Crippen molar-refractivity contribution in [2.24, 2.45) is 0 Å². The molecule has 0 bridgehead atoms. The van der Waals surface area contributed by atoms with Crippen LogP contribution in [0.2, 0.25) is 0 Å². The Morgan fingerprint density at radius 2 is 1.60 bits per heavy atom. The van der Waals surface area contributed by atoms with Gasteiger partial charge >= 0.3 is 6.09 Å². The van der Waals surface area contributed by atoms with Gasteiger partial charge < -0.3 is 30.5 Å². The van der Waals surface area contributed by atoms with Gasteiger partial charge in [-0.2, -0.15) is 0 Å². The number of carbonyl (C=O) groups is 3. The fourth-order valence-corrected chi connectivity index (χ4v) is 5.42. The molecule has 1 saturated carbocycles. The number of rotatable bonds is 10. The molecule has 1 aliphatic carbocycles. The highest BCUT2D eigenvalue weighted by Crippen LogP contribution is 2.35. The van der Waals surface area contributed by atoms with Gasteiger partial charge in [0.05, 0.1) is 0 Å². The first-order valence-corrected chi connectivity index (χ1v) is 15.3. The average Bonchev–Trinajstić information content (AvgIpc) is 2.93. The van der Waals surface area contributed by atoms with Crippen LogP contribution in [0, 0.1) is 6.92 Å². The first-order chi connectivity index (χ1) is 20.1. The van der Waals surface area contributed by atoms with Gasteiger partial charge in [-0.25, -0.2) is 4.79 Å². The Hall–Kier alpha value is -3.75. The Morgan fingerprint density at radius 3 is 2.16 bits per heavy atom. The van der Waals surface area contributed by atoms with Crippen LogP contribution < -0.4 is 10.6 Å². The topological polar surface area (TPSA) is 128 Å². The lowest BCUT2D eigenvalue weighted by atomic mass is 9.90. The van der Waals surface area contributed by atoms with Crippen molar-refractivity contribution in [3.63, 3.8) is 0 Å². The number of nitrogens with zero attached hydrogens (tertiary/aromatic N) is 1. The summed E-state index contributed by atoms with van der Waals surface area (Å²) in [5, 5.41) is 26.1. The van der Waals surface area contributed by atoms with Gasteiger partial charge in [0.25, 0.3) is 0 Å². The molecule has 0 spiro atoms. The molecule has 0 heterocycles. The van der Waals surface area contributed by atoms with Crippen molar-refractivity contribution in [2.75, 3.05) is 0 Å². The summed E-state index contributed by atoms with van der Waals surface area (Å²) >= 11 is 0. The molecule has 2 aromatic rings. The molecule has 9 heteroatoms. The third kappa shape index (κ3) is 9.37. The monoisotopic (exact) mass is 595 g/mol. The van der Waals surface area contributed by atoms with E-state index in [4.69, 9.17) is 4.74 Å². The lowest BCUT2D eigenvalue weighted by Crippen LogP contribution is -2.60. The quantitative estimate of drug-likeness (QED) is 0.265. The van der Waals surface area contributed by atoms with E-state index in [0.29, 0.717) is 23.1 Å². The maximum Gasteiger partial charge on any atom is 0.408 e. The molecule has 2 atom stereocenters. The summed E-state index contributed by atoms with van der Waals surface area (Å²) in [5.74, 6) is -0.560. The largest absolute Gasteiger partial charge is 0.508 e. The van der Waals surface area contributed by atoms with E-state index in [1.54, 1.807) is 62.9 Å². The minimum absolute atomic E-state index is 0.0105. The van der Waals surface area contributed by atoms with Gasteiger partial charge in [-0.3, -0.25) is 9.59 Å². The second-order valence-electron chi connectivity index (χ2n) is 13.2.